The van der Waals surface area contributed by atoms with Crippen LogP contribution in [0.4, 0.5) is 16.2 Å². The number of carbonyl (C=O) groups is 2. The molecular formula is C18H25N3O2. The lowest BCUT2D eigenvalue weighted by molar-refractivity contribution is -0.116. The minimum absolute atomic E-state index is 0.0382. The topological polar surface area (TPSA) is 61.4 Å². The van der Waals surface area contributed by atoms with Crippen LogP contribution in [-0.4, -0.2) is 29.9 Å². The van der Waals surface area contributed by atoms with Crippen molar-refractivity contribution in [2.45, 2.75) is 39.5 Å². The molecule has 2 aliphatic heterocycles. The van der Waals surface area contributed by atoms with Crippen LogP contribution >= 0.6 is 0 Å². The number of nitrogens with zero attached hydrogens (tertiary/aromatic N) is 1. The number of fused-ring (bicyclic) bond motifs is 1. The molecule has 5 nitrogen and oxygen atoms in total. The third-order valence-corrected chi connectivity index (χ3v) is 4.77. The number of nitrogens with one attached hydrogen (secondary N) is 2. The number of hydrogen-bond acceptors (Lipinski definition) is 2. The molecule has 2 heterocycles. The van der Waals surface area contributed by atoms with Gasteiger partial charge in [-0.05, 0) is 48.8 Å². The van der Waals surface area contributed by atoms with E-state index in [1.165, 1.54) is 6.42 Å². The molecular weight excluding hydrogens is 290 g/mol. The van der Waals surface area contributed by atoms with E-state index in [1.807, 2.05) is 23.1 Å². The molecule has 3 amide bonds. The molecule has 1 aromatic rings. The van der Waals surface area contributed by atoms with Crippen molar-refractivity contribution in [2.24, 2.45) is 11.8 Å². The van der Waals surface area contributed by atoms with Crippen molar-refractivity contribution >= 4 is 23.3 Å². The maximum Gasteiger partial charge on any atom is 0.321 e. The van der Waals surface area contributed by atoms with Gasteiger partial charge >= 0.3 is 6.03 Å². The summed E-state index contributed by atoms with van der Waals surface area (Å²) in [6, 6.07) is 5.71. The summed E-state index contributed by atoms with van der Waals surface area (Å²) < 4.78 is 0. The number of aryl methyl sites for hydroxylation is 1. The van der Waals surface area contributed by atoms with Gasteiger partial charge in [-0.25, -0.2) is 4.79 Å². The summed E-state index contributed by atoms with van der Waals surface area (Å²) in [7, 11) is 0. The number of urea groups is 1. The van der Waals surface area contributed by atoms with Gasteiger partial charge in [0.15, 0.2) is 0 Å². The summed E-state index contributed by atoms with van der Waals surface area (Å²) in [6.07, 6.45) is 3.52. The number of carbonyl (C=O) groups excluding carboxylic acids is 2. The molecule has 2 atom stereocenters. The average molecular weight is 315 g/mol. The number of rotatable bonds is 1. The molecule has 0 aliphatic carbocycles. The van der Waals surface area contributed by atoms with E-state index in [9.17, 15) is 9.59 Å². The van der Waals surface area contributed by atoms with Gasteiger partial charge in [0, 0.05) is 30.9 Å². The van der Waals surface area contributed by atoms with Crippen LogP contribution in [0.5, 0.6) is 0 Å². The first-order valence-electron chi connectivity index (χ1n) is 8.50. The van der Waals surface area contributed by atoms with E-state index in [0.29, 0.717) is 18.3 Å². The van der Waals surface area contributed by atoms with Crippen molar-refractivity contribution in [1.29, 1.82) is 0 Å². The molecule has 0 bridgehead atoms. The Bertz CT molecular complexity index is 614. The average Bonchev–Trinajstić information content (AvgIpc) is 2.67. The van der Waals surface area contributed by atoms with Crippen LogP contribution in [0, 0.1) is 11.8 Å². The van der Waals surface area contributed by atoms with E-state index in [2.05, 4.69) is 24.5 Å². The van der Waals surface area contributed by atoms with E-state index >= 15 is 0 Å². The van der Waals surface area contributed by atoms with E-state index in [4.69, 9.17) is 0 Å². The molecule has 5 heteroatoms. The van der Waals surface area contributed by atoms with Crippen molar-refractivity contribution in [2.75, 3.05) is 23.7 Å². The summed E-state index contributed by atoms with van der Waals surface area (Å²) in [6.45, 7) is 6.07. The number of likely N-dealkylation sites (tertiary alicyclic amines) is 1. The number of hydrogen-bond donors (Lipinski definition) is 2. The SMILES string of the molecule is C[C@@H]1CCN(C(=O)Nc2ccc3c(c2)NC(=O)CC3)C[C@@H](C)C1. The van der Waals surface area contributed by atoms with Crippen LogP contribution in [0.3, 0.4) is 0 Å². The fourth-order valence-corrected chi connectivity index (χ4v) is 3.56. The molecule has 1 saturated heterocycles. The molecule has 2 N–H and O–H groups in total. The fourth-order valence-electron chi connectivity index (χ4n) is 3.56. The highest BCUT2D eigenvalue weighted by atomic mass is 16.2. The zero-order valence-electron chi connectivity index (χ0n) is 13.9. The Balaban J connectivity index is 1.68. The van der Waals surface area contributed by atoms with Crippen molar-refractivity contribution in [3.05, 3.63) is 23.8 Å². The summed E-state index contributed by atoms with van der Waals surface area (Å²) in [5.74, 6) is 1.24. The van der Waals surface area contributed by atoms with Crippen LogP contribution in [0.2, 0.25) is 0 Å². The molecule has 0 spiro atoms. The molecule has 124 valence electrons. The van der Waals surface area contributed by atoms with Crippen LogP contribution in [0.25, 0.3) is 0 Å². The highest BCUT2D eigenvalue weighted by Gasteiger charge is 2.23. The third kappa shape index (κ3) is 3.84. The largest absolute Gasteiger partial charge is 0.326 e. The van der Waals surface area contributed by atoms with E-state index in [0.717, 1.165) is 42.9 Å². The number of amides is 3. The van der Waals surface area contributed by atoms with E-state index in [1.54, 1.807) is 0 Å². The Morgan fingerprint density at radius 3 is 2.91 bits per heavy atom. The molecule has 0 saturated carbocycles. The molecule has 3 rings (SSSR count). The van der Waals surface area contributed by atoms with Crippen LogP contribution in [0.15, 0.2) is 18.2 Å². The number of anilines is 2. The maximum absolute atomic E-state index is 12.5. The third-order valence-electron chi connectivity index (χ3n) is 4.77. The predicted molar refractivity (Wildman–Crippen MR) is 91.5 cm³/mol. The lowest BCUT2D eigenvalue weighted by atomic mass is 9.97. The van der Waals surface area contributed by atoms with Gasteiger partial charge in [0.05, 0.1) is 0 Å². The quantitative estimate of drug-likeness (QED) is 0.833. The maximum atomic E-state index is 12.5. The summed E-state index contributed by atoms with van der Waals surface area (Å²) in [5.41, 5.74) is 2.68. The molecule has 23 heavy (non-hydrogen) atoms. The van der Waals surface area contributed by atoms with Gasteiger partial charge in [-0.3, -0.25) is 4.79 Å². The minimum atomic E-state index is -0.0481. The molecule has 0 radical (unpaired) electrons. The molecule has 0 aromatic heterocycles. The zero-order chi connectivity index (χ0) is 16.4. The van der Waals surface area contributed by atoms with Crippen molar-refractivity contribution < 1.29 is 9.59 Å². The van der Waals surface area contributed by atoms with E-state index in [-0.39, 0.29) is 11.9 Å². The molecule has 2 aliphatic rings. The second kappa shape index (κ2) is 6.60. The Labute approximate surface area is 137 Å². The fraction of sp³-hybridized carbons (Fsp3) is 0.556. The molecule has 0 unspecified atom stereocenters. The first kappa shape index (κ1) is 15.8. The Kier molecular flexibility index (Phi) is 4.55. The Morgan fingerprint density at radius 1 is 1.26 bits per heavy atom. The van der Waals surface area contributed by atoms with Crippen molar-refractivity contribution in [3.8, 4) is 0 Å². The summed E-state index contributed by atoms with van der Waals surface area (Å²) >= 11 is 0. The highest BCUT2D eigenvalue weighted by Crippen LogP contribution is 2.27. The monoisotopic (exact) mass is 315 g/mol. The summed E-state index contributed by atoms with van der Waals surface area (Å²) in [5, 5.41) is 5.85. The minimum Gasteiger partial charge on any atom is -0.326 e. The van der Waals surface area contributed by atoms with Crippen LogP contribution in [-0.2, 0) is 11.2 Å². The summed E-state index contributed by atoms with van der Waals surface area (Å²) in [4.78, 5) is 25.9. The van der Waals surface area contributed by atoms with Crippen LogP contribution < -0.4 is 10.6 Å². The van der Waals surface area contributed by atoms with Crippen LogP contribution in [0.1, 0.15) is 38.7 Å². The lowest BCUT2D eigenvalue weighted by Gasteiger charge is -2.24. The first-order valence-corrected chi connectivity index (χ1v) is 8.50. The second-order valence-electron chi connectivity index (χ2n) is 7.03. The second-order valence-corrected chi connectivity index (χ2v) is 7.03. The highest BCUT2D eigenvalue weighted by molar-refractivity contribution is 5.96. The number of benzene rings is 1. The van der Waals surface area contributed by atoms with Gasteiger partial charge < -0.3 is 15.5 Å². The van der Waals surface area contributed by atoms with Gasteiger partial charge in [0.1, 0.15) is 0 Å². The van der Waals surface area contributed by atoms with Gasteiger partial charge in [0.2, 0.25) is 5.91 Å². The van der Waals surface area contributed by atoms with Gasteiger partial charge in [-0.15, -0.1) is 0 Å². The Hall–Kier alpha value is -2.04. The van der Waals surface area contributed by atoms with Crippen molar-refractivity contribution in [3.63, 3.8) is 0 Å². The van der Waals surface area contributed by atoms with Gasteiger partial charge in [-0.1, -0.05) is 19.9 Å². The lowest BCUT2D eigenvalue weighted by Crippen LogP contribution is -2.37. The van der Waals surface area contributed by atoms with E-state index < -0.39 is 0 Å². The normalized spacial score (nSPS) is 24.4. The smallest absolute Gasteiger partial charge is 0.321 e. The molecule has 1 fully saturated rings. The Morgan fingerprint density at radius 2 is 2.09 bits per heavy atom. The first-order chi connectivity index (χ1) is 11.0. The zero-order valence-corrected chi connectivity index (χ0v) is 13.9. The predicted octanol–water partition coefficient (Wildman–Crippen LogP) is 3.47. The van der Waals surface area contributed by atoms with Gasteiger partial charge in [0.25, 0.3) is 0 Å². The van der Waals surface area contributed by atoms with Crippen molar-refractivity contribution in [1.82, 2.24) is 4.90 Å². The molecule has 1 aromatic carbocycles. The standard InChI is InChI=1S/C18H25N3O2/c1-12-7-8-21(11-13(2)9-12)18(23)19-15-5-3-14-4-6-17(22)20-16(14)10-15/h3,5,10,12-13H,4,6-9,11H2,1-2H3,(H,19,23)(H,20,22)/t12-,13+/m1/s1. The van der Waals surface area contributed by atoms with Gasteiger partial charge in [-0.2, -0.15) is 0 Å².